The second-order valence-corrected chi connectivity index (χ2v) is 7.40. The van der Waals surface area contributed by atoms with Crippen LogP contribution in [0.4, 0.5) is 10.1 Å². The van der Waals surface area contributed by atoms with Crippen LogP contribution in [0.2, 0.25) is 0 Å². The van der Waals surface area contributed by atoms with Crippen molar-refractivity contribution in [2.75, 3.05) is 5.32 Å². The van der Waals surface area contributed by atoms with Crippen molar-refractivity contribution in [3.63, 3.8) is 0 Å². The summed E-state index contributed by atoms with van der Waals surface area (Å²) < 4.78 is 23.4. The van der Waals surface area contributed by atoms with Crippen LogP contribution in [0, 0.1) is 5.82 Å². The van der Waals surface area contributed by atoms with Gasteiger partial charge in [-0.05, 0) is 60.0 Å². The van der Waals surface area contributed by atoms with Gasteiger partial charge in [-0.3, -0.25) is 9.59 Å². The van der Waals surface area contributed by atoms with Gasteiger partial charge in [0.15, 0.2) is 0 Å². The number of hydrogen-bond donors (Lipinski definition) is 1. The lowest BCUT2D eigenvalue weighted by Gasteiger charge is -2.06. The quantitative estimate of drug-likeness (QED) is 0.332. The molecule has 2 aromatic carbocycles. The van der Waals surface area contributed by atoms with Crippen molar-refractivity contribution >= 4 is 28.9 Å². The number of aromatic nitrogens is 2. The number of halogens is 1. The Bertz CT molecular complexity index is 1170. The summed E-state index contributed by atoms with van der Waals surface area (Å²) >= 11 is 1.35. The molecule has 2 heterocycles. The van der Waals surface area contributed by atoms with Crippen LogP contribution in [-0.4, -0.2) is 22.0 Å². The van der Waals surface area contributed by atoms with Crippen molar-refractivity contribution in [2.45, 2.75) is 12.8 Å². The second-order valence-electron chi connectivity index (χ2n) is 6.45. The molecule has 0 spiro atoms. The molecule has 0 fully saturated rings. The molecule has 0 aliphatic heterocycles. The van der Waals surface area contributed by atoms with Crippen molar-refractivity contribution < 1.29 is 23.2 Å². The first-order valence-electron chi connectivity index (χ1n) is 9.31. The van der Waals surface area contributed by atoms with Gasteiger partial charge in [-0.1, -0.05) is 11.2 Å². The van der Waals surface area contributed by atoms with E-state index in [0.717, 1.165) is 0 Å². The van der Waals surface area contributed by atoms with Gasteiger partial charge in [-0.15, -0.1) is 11.3 Å². The number of carbonyl (C=O) groups is 2. The molecule has 0 unspecified atom stereocenters. The highest BCUT2D eigenvalue weighted by Crippen LogP contribution is 2.19. The van der Waals surface area contributed by atoms with E-state index in [2.05, 4.69) is 15.5 Å². The van der Waals surface area contributed by atoms with E-state index in [9.17, 15) is 14.0 Å². The molecule has 4 rings (SSSR count). The van der Waals surface area contributed by atoms with Crippen LogP contribution in [-0.2, 0) is 11.2 Å². The molecule has 9 heteroatoms. The molecule has 156 valence electrons. The van der Waals surface area contributed by atoms with Crippen LogP contribution in [0.15, 0.2) is 70.6 Å². The van der Waals surface area contributed by atoms with Gasteiger partial charge in [-0.25, -0.2) is 4.39 Å². The third-order valence-corrected chi connectivity index (χ3v) is 5.07. The molecule has 0 saturated carbocycles. The summed E-state index contributed by atoms with van der Waals surface area (Å²) in [5, 5.41) is 8.44. The Morgan fingerprint density at radius 3 is 2.55 bits per heavy atom. The first kappa shape index (κ1) is 20.4. The van der Waals surface area contributed by atoms with Gasteiger partial charge < -0.3 is 14.6 Å². The van der Waals surface area contributed by atoms with E-state index in [1.54, 1.807) is 48.5 Å². The van der Waals surface area contributed by atoms with Gasteiger partial charge >= 0.3 is 5.97 Å². The van der Waals surface area contributed by atoms with Crippen molar-refractivity contribution in [3.8, 4) is 17.1 Å². The highest BCUT2D eigenvalue weighted by molar-refractivity contribution is 7.12. The highest BCUT2D eigenvalue weighted by atomic mass is 32.1. The lowest BCUT2D eigenvalue weighted by Crippen LogP contribution is -2.11. The van der Waals surface area contributed by atoms with Crippen LogP contribution >= 0.6 is 11.3 Å². The SMILES string of the molecule is O=C(CCc1nc(-c2ccc(F)cc2)no1)Oc1ccc(NC(=O)c2cccs2)cc1. The Hall–Kier alpha value is -3.85. The zero-order valence-corrected chi connectivity index (χ0v) is 16.9. The molecule has 0 aliphatic rings. The van der Waals surface area contributed by atoms with Gasteiger partial charge in [0.1, 0.15) is 11.6 Å². The summed E-state index contributed by atoms with van der Waals surface area (Å²) in [4.78, 5) is 29.0. The molecular weight excluding hydrogens is 421 g/mol. The number of amides is 1. The zero-order chi connectivity index (χ0) is 21.6. The summed E-state index contributed by atoms with van der Waals surface area (Å²) in [6, 6.07) is 15.8. The molecule has 0 atom stereocenters. The Labute approximate surface area is 180 Å². The highest BCUT2D eigenvalue weighted by Gasteiger charge is 2.13. The van der Waals surface area contributed by atoms with Crippen molar-refractivity contribution in [1.82, 2.24) is 10.1 Å². The molecule has 4 aromatic rings. The van der Waals surface area contributed by atoms with Crippen LogP contribution in [0.3, 0.4) is 0 Å². The zero-order valence-electron chi connectivity index (χ0n) is 16.1. The average molecular weight is 437 g/mol. The fourth-order valence-electron chi connectivity index (χ4n) is 2.67. The number of anilines is 1. The average Bonchev–Trinajstić information content (AvgIpc) is 3.47. The Morgan fingerprint density at radius 1 is 1.06 bits per heavy atom. The first-order valence-corrected chi connectivity index (χ1v) is 10.2. The predicted octanol–water partition coefficient (Wildman–Crippen LogP) is 4.73. The molecule has 0 bridgehead atoms. The van der Waals surface area contributed by atoms with Crippen LogP contribution in [0.5, 0.6) is 5.75 Å². The smallest absolute Gasteiger partial charge is 0.311 e. The monoisotopic (exact) mass is 437 g/mol. The largest absolute Gasteiger partial charge is 0.427 e. The third-order valence-electron chi connectivity index (χ3n) is 4.20. The number of benzene rings is 2. The van der Waals surface area contributed by atoms with Crippen molar-refractivity contribution in [1.29, 1.82) is 0 Å². The standard InChI is InChI=1S/C22H16FN3O4S/c23-15-5-3-14(4-6-15)21-25-19(30-26-21)11-12-20(27)29-17-9-7-16(8-10-17)24-22(28)18-2-1-13-31-18/h1-10,13H,11-12H2,(H,24,28). The topological polar surface area (TPSA) is 94.3 Å². The normalized spacial score (nSPS) is 10.6. The molecule has 0 radical (unpaired) electrons. The van der Waals surface area contributed by atoms with E-state index < -0.39 is 5.97 Å². The summed E-state index contributed by atoms with van der Waals surface area (Å²) in [6.45, 7) is 0. The van der Waals surface area contributed by atoms with Crippen LogP contribution in [0.1, 0.15) is 22.0 Å². The third kappa shape index (κ3) is 5.40. The van der Waals surface area contributed by atoms with E-state index in [0.29, 0.717) is 27.7 Å². The minimum atomic E-state index is -0.461. The number of nitrogens with one attached hydrogen (secondary N) is 1. The van der Waals surface area contributed by atoms with E-state index in [1.165, 1.54) is 23.5 Å². The van der Waals surface area contributed by atoms with E-state index >= 15 is 0 Å². The van der Waals surface area contributed by atoms with Crippen molar-refractivity contribution in [2.24, 2.45) is 0 Å². The number of nitrogens with zero attached hydrogens (tertiary/aromatic N) is 2. The lowest BCUT2D eigenvalue weighted by molar-refractivity contribution is -0.134. The van der Waals surface area contributed by atoms with E-state index in [1.807, 2.05) is 5.38 Å². The number of thiophene rings is 1. The maximum Gasteiger partial charge on any atom is 0.311 e. The molecular formula is C22H16FN3O4S. The van der Waals surface area contributed by atoms with Gasteiger partial charge in [0.05, 0.1) is 11.3 Å². The summed E-state index contributed by atoms with van der Waals surface area (Å²) in [5.41, 5.74) is 1.21. The number of carbonyl (C=O) groups excluding carboxylic acids is 2. The maximum atomic E-state index is 13.0. The first-order chi connectivity index (χ1) is 15.1. The van der Waals surface area contributed by atoms with Gasteiger partial charge in [-0.2, -0.15) is 4.98 Å². The lowest BCUT2D eigenvalue weighted by atomic mass is 10.2. The molecule has 7 nitrogen and oxygen atoms in total. The summed E-state index contributed by atoms with van der Waals surface area (Å²) in [5.74, 6) is -0.0486. The minimum Gasteiger partial charge on any atom is -0.427 e. The number of esters is 1. The van der Waals surface area contributed by atoms with Crippen LogP contribution in [0.25, 0.3) is 11.4 Å². The number of hydrogen-bond acceptors (Lipinski definition) is 7. The summed E-state index contributed by atoms with van der Waals surface area (Å²) in [7, 11) is 0. The molecule has 2 aromatic heterocycles. The fourth-order valence-corrected chi connectivity index (χ4v) is 3.29. The fraction of sp³-hybridized carbons (Fsp3) is 0.0909. The molecule has 0 aliphatic carbocycles. The van der Waals surface area contributed by atoms with E-state index in [4.69, 9.17) is 9.26 Å². The molecule has 1 amide bonds. The number of rotatable bonds is 7. The van der Waals surface area contributed by atoms with Crippen LogP contribution < -0.4 is 10.1 Å². The van der Waals surface area contributed by atoms with Gasteiger partial charge in [0.25, 0.3) is 5.91 Å². The molecule has 0 saturated heterocycles. The Balaban J connectivity index is 1.27. The van der Waals surface area contributed by atoms with Gasteiger partial charge in [0, 0.05) is 17.7 Å². The maximum absolute atomic E-state index is 13.0. The second kappa shape index (κ2) is 9.31. The Kier molecular flexibility index (Phi) is 6.13. The predicted molar refractivity (Wildman–Crippen MR) is 112 cm³/mol. The number of ether oxygens (including phenoxy) is 1. The van der Waals surface area contributed by atoms with E-state index in [-0.39, 0.29) is 30.5 Å². The minimum absolute atomic E-state index is 0.0436. The Morgan fingerprint density at radius 2 is 1.84 bits per heavy atom. The summed E-state index contributed by atoms with van der Waals surface area (Å²) in [6.07, 6.45) is 0.254. The molecule has 31 heavy (non-hydrogen) atoms. The van der Waals surface area contributed by atoms with Gasteiger partial charge in [0.2, 0.25) is 11.7 Å². The number of aryl methyl sites for hydroxylation is 1. The van der Waals surface area contributed by atoms with Crippen molar-refractivity contribution in [3.05, 3.63) is 82.6 Å². The molecule has 1 N–H and O–H groups in total.